The summed E-state index contributed by atoms with van der Waals surface area (Å²) in [6.45, 7) is 0.217. The fourth-order valence-corrected chi connectivity index (χ4v) is 2.75. The molecular weight excluding hydrogens is 310 g/mol. The van der Waals surface area contributed by atoms with Crippen LogP contribution in [0.25, 0.3) is 0 Å². The maximum absolute atomic E-state index is 12.2. The van der Waals surface area contributed by atoms with Crippen LogP contribution >= 0.6 is 0 Å². The SMILES string of the molecule is Cn1c(N2CCCC(C(=O)NCC(F)F)C2)cc(=O)n(C)c1=O. The lowest BCUT2D eigenvalue weighted by atomic mass is 9.97. The van der Waals surface area contributed by atoms with Gasteiger partial charge in [-0.1, -0.05) is 0 Å². The summed E-state index contributed by atoms with van der Waals surface area (Å²) >= 11 is 0. The van der Waals surface area contributed by atoms with Gasteiger partial charge >= 0.3 is 5.69 Å². The number of nitrogens with zero attached hydrogens (tertiary/aromatic N) is 3. The Labute approximate surface area is 131 Å². The molecule has 0 spiro atoms. The van der Waals surface area contributed by atoms with Crippen LogP contribution in [0.3, 0.4) is 0 Å². The van der Waals surface area contributed by atoms with Crippen LogP contribution in [-0.2, 0) is 18.9 Å². The summed E-state index contributed by atoms with van der Waals surface area (Å²) in [5.41, 5.74) is -0.871. The molecule has 1 N–H and O–H groups in total. The summed E-state index contributed by atoms with van der Waals surface area (Å²) in [5, 5.41) is 2.22. The lowest BCUT2D eigenvalue weighted by Gasteiger charge is -2.34. The largest absolute Gasteiger partial charge is 0.357 e. The van der Waals surface area contributed by atoms with Crippen molar-refractivity contribution in [1.29, 1.82) is 0 Å². The molecule has 0 saturated carbocycles. The van der Waals surface area contributed by atoms with Crippen LogP contribution in [0.5, 0.6) is 0 Å². The predicted octanol–water partition coefficient (Wildman–Crippen LogP) is -0.318. The van der Waals surface area contributed by atoms with Gasteiger partial charge in [0.25, 0.3) is 12.0 Å². The molecule has 7 nitrogen and oxygen atoms in total. The summed E-state index contributed by atoms with van der Waals surface area (Å²) in [5.74, 6) is -0.435. The zero-order valence-electron chi connectivity index (χ0n) is 13.1. The van der Waals surface area contributed by atoms with Crippen molar-refractivity contribution in [1.82, 2.24) is 14.5 Å². The minimum Gasteiger partial charge on any atom is -0.357 e. The van der Waals surface area contributed by atoms with Crippen molar-refractivity contribution in [3.05, 3.63) is 26.9 Å². The third-order valence-electron chi connectivity index (χ3n) is 4.05. The van der Waals surface area contributed by atoms with Crippen LogP contribution in [0.4, 0.5) is 14.6 Å². The van der Waals surface area contributed by atoms with Gasteiger partial charge in [-0.2, -0.15) is 0 Å². The number of aromatic nitrogens is 2. The number of anilines is 1. The van der Waals surface area contributed by atoms with Gasteiger partial charge in [0, 0.05) is 33.3 Å². The van der Waals surface area contributed by atoms with Crippen molar-refractivity contribution in [3.63, 3.8) is 0 Å². The van der Waals surface area contributed by atoms with Crippen molar-refractivity contribution in [2.75, 3.05) is 24.5 Å². The molecule has 1 amide bonds. The first kappa shape index (κ1) is 17.2. The van der Waals surface area contributed by atoms with Crippen molar-refractivity contribution in [2.45, 2.75) is 19.3 Å². The highest BCUT2D eigenvalue weighted by Crippen LogP contribution is 2.21. The number of halogens is 2. The number of rotatable bonds is 4. The smallest absolute Gasteiger partial charge is 0.332 e. The molecule has 0 aromatic carbocycles. The number of hydrogen-bond donors (Lipinski definition) is 1. The lowest BCUT2D eigenvalue weighted by Crippen LogP contribution is -2.47. The Hall–Kier alpha value is -2.19. The molecule has 1 saturated heterocycles. The molecule has 1 unspecified atom stereocenters. The lowest BCUT2D eigenvalue weighted by molar-refractivity contribution is -0.125. The second-order valence-corrected chi connectivity index (χ2v) is 5.66. The molecule has 23 heavy (non-hydrogen) atoms. The van der Waals surface area contributed by atoms with Gasteiger partial charge in [0.15, 0.2) is 0 Å². The molecule has 0 bridgehead atoms. The Morgan fingerprint density at radius 3 is 2.70 bits per heavy atom. The average molecular weight is 330 g/mol. The summed E-state index contributed by atoms with van der Waals surface area (Å²) in [6, 6.07) is 1.35. The number of piperidine rings is 1. The highest BCUT2D eigenvalue weighted by molar-refractivity contribution is 5.79. The standard InChI is InChI=1S/C14H20F2N4O3/c1-18-11(6-12(21)19(2)14(18)23)20-5-3-4-9(8-20)13(22)17-7-10(15)16/h6,9-10H,3-5,7-8H2,1-2H3,(H,17,22). The molecule has 1 aliphatic heterocycles. The van der Waals surface area contributed by atoms with E-state index in [2.05, 4.69) is 5.32 Å². The topological polar surface area (TPSA) is 76.3 Å². The van der Waals surface area contributed by atoms with Crippen molar-refractivity contribution < 1.29 is 13.6 Å². The first-order valence-corrected chi connectivity index (χ1v) is 7.39. The number of carbonyl (C=O) groups is 1. The number of alkyl halides is 2. The molecule has 2 heterocycles. The summed E-state index contributed by atoms with van der Waals surface area (Å²) in [6.07, 6.45) is -1.32. The summed E-state index contributed by atoms with van der Waals surface area (Å²) in [4.78, 5) is 37.5. The highest BCUT2D eigenvalue weighted by Gasteiger charge is 2.27. The third kappa shape index (κ3) is 3.77. The van der Waals surface area contributed by atoms with Crippen molar-refractivity contribution in [2.24, 2.45) is 20.0 Å². The normalized spacial score (nSPS) is 18.3. The maximum atomic E-state index is 12.2. The number of nitrogens with one attached hydrogen (secondary N) is 1. The van der Waals surface area contributed by atoms with E-state index in [1.54, 1.807) is 11.9 Å². The zero-order chi connectivity index (χ0) is 17.1. The van der Waals surface area contributed by atoms with Gasteiger partial charge in [0.05, 0.1) is 12.5 Å². The van der Waals surface area contributed by atoms with Crippen molar-refractivity contribution in [3.8, 4) is 0 Å². The molecule has 9 heteroatoms. The molecule has 1 fully saturated rings. The van der Waals surface area contributed by atoms with Crippen LogP contribution in [-0.4, -0.2) is 41.1 Å². The van der Waals surface area contributed by atoms with E-state index in [0.29, 0.717) is 25.2 Å². The quantitative estimate of drug-likeness (QED) is 0.821. The number of amides is 1. The van der Waals surface area contributed by atoms with Crippen LogP contribution in [0, 0.1) is 5.92 Å². The van der Waals surface area contributed by atoms with E-state index in [1.165, 1.54) is 17.7 Å². The minimum atomic E-state index is -2.59. The van der Waals surface area contributed by atoms with Crippen LogP contribution < -0.4 is 21.5 Å². The van der Waals surface area contributed by atoms with E-state index in [9.17, 15) is 23.2 Å². The van der Waals surface area contributed by atoms with Crippen LogP contribution in [0.2, 0.25) is 0 Å². The number of hydrogen-bond acceptors (Lipinski definition) is 4. The van der Waals surface area contributed by atoms with Crippen LogP contribution in [0.15, 0.2) is 15.7 Å². The second kappa shape index (κ2) is 6.93. The van der Waals surface area contributed by atoms with E-state index < -0.39 is 36.0 Å². The van der Waals surface area contributed by atoms with E-state index >= 15 is 0 Å². The Morgan fingerprint density at radius 2 is 2.04 bits per heavy atom. The fourth-order valence-electron chi connectivity index (χ4n) is 2.75. The van der Waals surface area contributed by atoms with Crippen molar-refractivity contribution >= 4 is 11.7 Å². The molecule has 2 rings (SSSR count). The zero-order valence-corrected chi connectivity index (χ0v) is 13.1. The molecule has 1 aromatic heterocycles. The fraction of sp³-hybridized carbons (Fsp3) is 0.643. The molecule has 1 aromatic rings. The van der Waals surface area contributed by atoms with E-state index in [0.717, 1.165) is 4.57 Å². The van der Waals surface area contributed by atoms with Gasteiger partial charge < -0.3 is 10.2 Å². The molecule has 1 atom stereocenters. The molecular formula is C14H20F2N4O3. The Bertz CT molecular complexity index is 698. The summed E-state index contributed by atoms with van der Waals surface area (Å²) < 4.78 is 26.7. The van der Waals surface area contributed by atoms with Gasteiger partial charge in [-0.15, -0.1) is 0 Å². The average Bonchev–Trinajstić information content (AvgIpc) is 2.54. The monoisotopic (exact) mass is 330 g/mol. The number of carbonyl (C=O) groups excluding carboxylic acids is 1. The van der Waals surface area contributed by atoms with Gasteiger partial charge in [-0.3, -0.25) is 18.7 Å². The second-order valence-electron chi connectivity index (χ2n) is 5.66. The van der Waals surface area contributed by atoms with Gasteiger partial charge in [0.1, 0.15) is 5.82 Å². The Balaban J connectivity index is 2.17. The van der Waals surface area contributed by atoms with Gasteiger partial charge in [-0.25, -0.2) is 13.6 Å². The van der Waals surface area contributed by atoms with Gasteiger partial charge in [0.2, 0.25) is 5.91 Å². The predicted molar refractivity (Wildman–Crippen MR) is 80.9 cm³/mol. The Morgan fingerprint density at radius 1 is 1.35 bits per heavy atom. The van der Waals surface area contributed by atoms with E-state index in [-0.39, 0.29) is 6.54 Å². The third-order valence-corrected chi connectivity index (χ3v) is 4.05. The molecule has 1 aliphatic rings. The maximum Gasteiger partial charge on any atom is 0.332 e. The van der Waals surface area contributed by atoms with Gasteiger partial charge in [-0.05, 0) is 12.8 Å². The first-order valence-electron chi connectivity index (χ1n) is 7.39. The minimum absolute atomic E-state index is 0.287. The van der Waals surface area contributed by atoms with E-state index in [1.807, 2.05) is 0 Å². The van der Waals surface area contributed by atoms with E-state index in [4.69, 9.17) is 0 Å². The highest BCUT2D eigenvalue weighted by atomic mass is 19.3. The molecule has 128 valence electrons. The summed E-state index contributed by atoms with van der Waals surface area (Å²) in [7, 11) is 2.95. The Kier molecular flexibility index (Phi) is 5.17. The van der Waals surface area contributed by atoms with Crippen LogP contribution in [0.1, 0.15) is 12.8 Å². The first-order chi connectivity index (χ1) is 10.8. The molecule has 0 radical (unpaired) electrons. The molecule has 0 aliphatic carbocycles.